The molecule has 146 valence electrons. The third-order valence-electron chi connectivity index (χ3n) is 4.01. The number of ether oxygens (including phenoxy) is 2. The van der Waals surface area contributed by atoms with Crippen LogP contribution in [0.3, 0.4) is 0 Å². The Morgan fingerprint density at radius 3 is 2.48 bits per heavy atom. The largest absolute Gasteiger partial charge is 0.504 e. The number of phenolic OH excluding ortho intramolecular Hbond substituents is 1. The van der Waals surface area contributed by atoms with E-state index in [0.29, 0.717) is 31.9 Å². The normalized spacial score (nSPS) is 11.1. The first-order valence-electron chi connectivity index (χ1n) is 9.27. The van der Waals surface area contributed by atoms with Gasteiger partial charge in [0.2, 0.25) is 0 Å². The van der Waals surface area contributed by atoms with E-state index in [9.17, 15) is 5.11 Å². The molecule has 6 nitrogen and oxygen atoms in total. The number of rotatable bonds is 9. The van der Waals surface area contributed by atoms with Crippen LogP contribution in [0.25, 0.3) is 0 Å². The van der Waals surface area contributed by atoms with E-state index in [1.165, 1.54) is 0 Å². The molecule has 2 rings (SSSR count). The highest BCUT2D eigenvalue weighted by Gasteiger charge is 2.07. The van der Waals surface area contributed by atoms with Crippen molar-refractivity contribution in [2.24, 2.45) is 4.99 Å². The highest BCUT2D eigenvalue weighted by Crippen LogP contribution is 2.29. The molecule has 0 fully saturated rings. The quantitative estimate of drug-likeness (QED) is 0.466. The van der Waals surface area contributed by atoms with Gasteiger partial charge >= 0.3 is 0 Å². The van der Waals surface area contributed by atoms with Crippen LogP contribution in [0.1, 0.15) is 25.0 Å². The van der Waals surface area contributed by atoms with E-state index in [1.54, 1.807) is 13.2 Å². The number of methoxy groups -OCH3 is 1. The van der Waals surface area contributed by atoms with Gasteiger partial charge in [-0.3, -0.25) is 0 Å². The number of aliphatic imine (C=N–C) groups is 1. The van der Waals surface area contributed by atoms with Crippen LogP contribution in [0.5, 0.6) is 17.2 Å². The van der Waals surface area contributed by atoms with E-state index in [1.807, 2.05) is 50.2 Å². The average Bonchev–Trinajstić information content (AvgIpc) is 2.68. The lowest BCUT2D eigenvalue weighted by atomic mass is 10.1. The molecular weight excluding hydrogens is 342 g/mol. The van der Waals surface area contributed by atoms with E-state index in [0.717, 1.165) is 29.4 Å². The third kappa shape index (κ3) is 6.09. The molecule has 0 bridgehead atoms. The maximum Gasteiger partial charge on any atom is 0.191 e. The van der Waals surface area contributed by atoms with E-state index in [4.69, 9.17) is 9.47 Å². The molecule has 3 N–H and O–H groups in total. The van der Waals surface area contributed by atoms with Crippen molar-refractivity contribution in [2.75, 3.05) is 26.8 Å². The molecule has 0 aliphatic rings. The van der Waals surface area contributed by atoms with Crippen molar-refractivity contribution in [1.29, 1.82) is 0 Å². The number of para-hydroxylation sites is 2. The number of hydrogen-bond donors (Lipinski definition) is 3. The van der Waals surface area contributed by atoms with Crippen molar-refractivity contribution in [3.8, 4) is 17.2 Å². The van der Waals surface area contributed by atoms with Crippen molar-refractivity contribution < 1.29 is 14.6 Å². The summed E-state index contributed by atoms with van der Waals surface area (Å²) in [7, 11) is 1.55. The number of benzene rings is 2. The first-order valence-corrected chi connectivity index (χ1v) is 9.27. The summed E-state index contributed by atoms with van der Waals surface area (Å²) in [5.74, 6) is 2.27. The van der Waals surface area contributed by atoms with E-state index in [-0.39, 0.29) is 5.75 Å². The molecule has 6 heteroatoms. The van der Waals surface area contributed by atoms with Crippen molar-refractivity contribution in [1.82, 2.24) is 10.6 Å². The summed E-state index contributed by atoms with van der Waals surface area (Å²) >= 11 is 0. The summed E-state index contributed by atoms with van der Waals surface area (Å²) in [4.78, 5) is 4.64. The Labute approximate surface area is 161 Å². The fourth-order valence-electron chi connectivity index (χ4n) is 2.69. The van der Waals surface area contributed by atoms with Crippen LogP contribution in [0.15, 0.2) is 47.5 Å². The van der Waals surface area contributed by atoms with Crippen molar-refractivity contribution in [3.63, 3.8) is 0 Å². The van der Waals surface area contributed by atoms with E-state index in [2.05, 4.69) is 15.6 Å². The molecule has 2 aromatic rings. The predicted octanol–water partition coefficient (Wildman–Crippen LogP) is 3.10. The first-order chi connectivity index (χ1) is 13.2. The van der Waals surface area contributed by atoms with Crippen LogP contribution in [0.2, 0.25) is 0 Å². The summed E-state index contributed by atoms with van der Waals surface area (Å²) < 4.78 is 10.8. The zero-order valence-electron chi connectivity index (χ0n) is 16.3. The molecule has 0 radical (unpaired) electrons. The van der Waals surface area contributed by atoms with Gasteiger partial charge in [-0.15, -0.1) is 0 Å². The molecule has 0 atom stereocenters. The molecule has 27 heavy (non-hydrogen) atoms. The lowest BCUT2D eigenvalue weighted by Gasteiger charge is -2.13. The number of aromatic hydroxyl groups is 1. The molecule has 0 aliphatic carbocycles. The van der Waals surface area contributed by atoms with Gasteiger partial charge in [0, 0.05) is 18.7 Å². The van der Waals surface area contributed by atoms with Gasteiger partial charge in [-0.1, -0.05) is 30.3 Å². The van der Waals surface area contributed by atoms with Gasteiger partial charge in [-0.05, 0) is 38.0 Å². The van der Waals surface area contributed by atoms with Gasteiger partial charge in [-0.25, -0.2) is 4.99 Å². The maximum absolute atomic E-state index is 10.2. The van der Waals surface area contributed by atoms with Crippen molar-refractivity contribution in [3.05, 3.63) is 53.6 Å². The number of hydrogen-bond acceptors (Lipinski definition) is 4. The second-order valence-corrected chi connectivity index (χ2v) is 5.88. The third-order valence-corrected chi connectivity index (χ3v) is 4.01. The molecule has 0 spiro atoms. The molecular formula is C21H29N3O3. The molecule has 0 saturated heterocycles. The van der Waals surface area contributed by atoms with Gasteiger partial charge in [-0.2, -0.15) is 0 Å². The Kier molecular flexibility index (Phi) is 8.29. The van der Waals surface area contributed by atoms with E-state index < -0.39 is 0 Å². The molecule has 0 saturated carbocycles. The maximum atomic E-state index is 10.2. The monoisotopic (exact) mass is 371 g/mol. The summed E-state index contributed by atoms with van der Waals surface area (Å²) in [6, 6.07) is 13.4. The number of nitrogens with zero attached hydrogens (tertiary/aromatic N) is 1. The lowest BCUT2D eigenvalue weighted by molar-refractivity contribution is 0.336. The van der Waals surface area contributed by atoms with Crippen molar-refractivity contribution in [2.45, 2.75) is 26.8 Å². The van der Waals surface area contributed by atoms with Crippen LogP contribution in [-0.2, 0) is 13.0 Å². The summed E-state index contributed by atoms with van der Waals surface area (Å²) in [6.07, 6.45) is 0.656. The standard InChI is InChI=1S/C21H29N3O3/c1-4-22-21(24-15-17-9-6-7-11-18(17)27-5-2)23-14-13-16-10-8-12-19(26-3)20(16)25/h6-12,25H,4-5,13-15H2,1-3H3,(H2,22,23,24). The summed E-state index contributed by atoms with van der Waals surface area (Å²) in [5.41, 5.74) is 1.88. The number of nitrogens with one attached hydrogen (secondary N) is 2. The minimum Gasteiger partial charge on any atom is -0.504 e. The van der Waals surface area contributed by atoms with Crippen LogP contribution < -0.4 is 20.1 Å². The molecule has 0 heterocycles. The highest BCUT2D eigenvalue weighted by atomic mass is 16.5. The van der Waals surface area contributed by atoms with Gasteiger partial charge in [0.05, 0.1) is 20.3 Å². The lowest BCUT2D eigenvalue weighted by Crippen LogP contribution is -2.38. The molecule has 0 amide bonds. The summed E-state index contributed by atoms with van der Waals surface area (Å²) in [5, 5.41) is 16.7. The fraction of sp³-hybridized carbons (Fsp3) is 0.381. The highest BCUT2D eigenvalue weighted by molar-refractivity contribution is 5.79. The Morgan fingerprint density at radius 1 is 1.00 bits per heavy atom. The molecule has 0 aromatic heterocycles. The predicted molar refractivity (Wildman–Crippen MR) is 109 cm³/mol. The second kappa shape index (κ2) is 11.0. The Balaban J connectivity index is 1.98. The first kappa shape index (κ1) is 20.4. The van der Waals surface area contributed by atoms with Crippen LogP contribution in [0.4, 0.5) is 0 Å². The Hall–Kier alpha value is -2.89. The van der Waals surface area contributed by atoms with Crippen molar-refractivity contribution >= 4 is 5.96 Å². The molecule has 0 unspecified atom stereocenters. The number of phenols is 1. The average molecular weight is 371 g/mol. The Morgan fingerprint density at radius 2 is 1.74 bits per heavy atom. The zero-order valence-corrected chi connectivity index (χ0v) is 16.3. The van der Waals surface area contributed by atoms with E-state index >= 15 is 0 Å². The van der Waals surface area contributed by atoms with Crippen LogP contribution in [0, 0.1) is 0 Å². The Bertz CT molecular complexity index is 747. The molecule has 0 aliphatic heterocycles. The van der Waals surface area contributed by atoms with Crippen LogP contribution >= 0.6 is 0 Å². The minimum absolute atomic E-state index is 0.189. The topological polar surface area (TPSA) is 75.1 Å². The van der Waals surface area contributed by atoms with Gasteiger partial charge in [0.1, 0.15) is 5.75 Å². The molecule has 2 aromatic carbocycles. The van der Waals surface area contributed by atoms with Gasteiger partial charge < -0.3 is 25.2 Å². The van der Waals surface area contributed by atoms with Gasteiger partial charge in [0.15, 0.2) is 17.5 Å². The summed E-state index contributed by atoms with van der Waals surface area (Å²) in [6.45, 7) is 6.56. The SMILES string of the molecule is CCNC(=NCc1ccccc1OCC)NCCc1cccc(OC)c1O. The zero-order chi connectivity index (χ0) is 19.5. The smallest absolute Gasteiger partial charge is 0.191 e. The van der Waals surface area contributed by atoms with Gasteiger partial charge in [0.25, 0.3) is 0 Å². The number of guanidine groups is 1. The second-order valence-electron chi connectivity index (χ2n) is 5.88. The van der Waals surface area contributed by atoms with Crippen LogP contribution in [-0.4, -0.2) is 37.9 Å². The fourth-order valence-corrected chi connectivity index (χ4v) is 2.69. The minimum atomic E-state index is 0.189.